The van der Waals surface area contributed by atoms with E-state index < -0.39 is 10.5 Å². The molecular weight excluding hydrogens is 298 g/mol. The van der Waals surface area contributed by atoms with Gasteiger partial charge in [0, 0.05) is 13.5 Å². The summed E-state index contributed by atoms with van der Waals surface area (Å²) in [4.78, 5) is 25.9. The number of imidazole rings is 1. The van der Waals surface area contributed by atoms with Crippen molar-refractivity contribution in [3.8, 4) is 0 Å². The van der Waals surface area contributed by atoms with Crippen molar-refractivity contribution < 1.29 is 9.72 Å². The fourth-order valence-electron chi connectivity index (χ4n) is 1.68. The van der Waals surface area contributed by atoms with Crippen LogP contribution in [-0.2, 0) is 11.3 Å². The summed E-state index contributed by atoms with van der Waals surface area (Å²) in [6.45, 7) is 7.74. The van der Waals surface area contributed by atoms with Gasteiger partial charge in [-0.25, -0.2) is 0 Å². The number of nitro groups is 1. The third-order valence-corrected chi connectivity index (χ3v) is 3.59. The van der Waals surface area contributed by atoms with E-state index >= 15 is 0 Å². The van der Waals surface area contributed by atoms with Gasteiger partial charge in [-0.05, 0) is 22.7 Å². The Balaban J connectivity index is 0.00000400. The largest absolute Gasteiger partial charge is 0.381 e. The standard InChI is InChI=1S/C12H21N5O3.ClH/c1-8(2)12(4,7-13)15-11(18)6-16-5-10(17(19)20)14-9(16)3;/h5,8H,6-7,13H2,1-4H3,(H,15,18);1H. The van der Waals surface area contributed by atoms with Gasteiger partial charge < -0.3 is 21.2 Å². The second kappa shape index (κ2) is 7.37. The Kier molecular flexibility index (Phi) is 6.78. The molecule has 8 nitrogen and oxygen atoms in total. The molecule has 0 fully saturated rings. The van der Waals surface area contributed by atoms with Gasteiger partial charge in [-0.1, -0.05) is 13.8 Å². The van der Waals surface area contributed by atoms with E-state index in [9.17, 15) is 14.9 Å². The lowest BCUT2D eigenvalue weighted by molar-refractivity contribution is -0.389. The molecular formula is C12H22ClN5O3. The topological polar surface area (TPSA) is 116 Å². The number of carbonyl (C=O) groups is 1. The zero-order valence-electron chi connectivity index (χ0n) is 12.6. The number of nitrogens with zero attached hydrogens (tertiary/aromatic N) is 3. The van der Waals surface area contributed by atoms with Crippen molar-refractivity contribution in [1.29, 1.82) is 0 Å². The van der Waals surface area contributed by atoms with Crippen LogP contribution in [0.1, 0.15) is 26.6 Å². The highest BCUT2D eigenvalue weighted by Gasteiger charge is 2.29. The summed E-state index contributed by atoms with van der Waals surface area (Å²) in [7, 11) is 0. The Hall–Kier alpha value is -1.67. The molecule has 1 rings (SSSR count). The second-order valence-electron chi connectivity index (χ2n) is 5.36. The molecule has 0 aliphatic rings. The van der Waals surface area contributed by atoms with E-state index in [2.05, 4.69) is 10.3 Å². The number of nitrogens with one attached hydrogen (secondary N) is 1. The van der Waals surface area contributed by atoms with E-state index in [0.717, 1.165) is 0 Å². The molecule has 0 bridgehead atoms. The summed E-state index contributed by atoms with van der Waals surface area (Å²) < 4.78 is 1.45. The van der Waals surface area contributed by atoms with Crippen molar-refractivity contribution in [3.05, 3.63) is 22.1 Å². The second-order valence-corrected chi connectivity index (χ2v) is 5.36. The maximum Gasteiger partial charge on any atom is 0.381 e. The molecule has 1 heterocycles. The number of aromatic nitrogens is 2. The van der Waals surface area contributed by atoms with Crippen LogP contribution in [0.15, 0.2) is 6.20 Å². The number of rotatable bonds is 6. The van der Waals surface area contributed by atoms with E-state index in [4.69, 9.17) is 5.73 Å². The zero-order chi connectivity index (χ0) is 15.5. The highest BCUT2D eigenvalue weighted by atomic mass is 35.5. The van der Waals surface area contributed by atoms with Crippen LogP contribution >= 0.6 is 12.4 Å². The van der Waals surface area contributed by atoms with Gasteiger partial charge in [0.25, 0.3) is 0 Å². The van der Waals surface area contributed by atoms with E-state index in [1.165, 1.54) is 10.8 Å². The first-order chi connectivity index (χ1) is 9.19. The number of carbonyl (C=O) groups excluding carboxylic acids is 1. The third kappa shape index (κ3) is 4.68. The number of hydrogen-bond acceptors (Lipinski definition) is 5. The van der Waals surface area contributed by atoms with Gasteiger partial charge in [0.15, 0.2) is 0 Å². The molecule has 9 heteroatoms. The van der Waals surface area contributed by atoms with Gasteiger partial charge in [0.2, 0.25) is 11.7 Å². The molecule has 0 saturated heterocycles. The molecule has 1 atom stereocenters. The van der Waals surface area contributed by atoms with Crippen LogP contribution in [0.25, 0.3) is 0 Å². The summed E-state index contributed by atoms with van der Waals surface area (Å²) in [6, 6.07) is 0. The van der Waals surface area contributed by atoms with Gasteiger partial charge in [-0.15, -0.1) is 12.4 Å². The van der Waals surface area contributed by atoms with Gasteiger partial charge in [-0.3, -0.25) is 9.36 Å². The molecule has 1 aromatic rings. The average Bonchev–Trinajstić information content (AvgIpc) is 2.70. The van der Waals surface area contributed by atoms with Crippen LogP contribution in [0.3, 0.4) is 0 Å². The first-order valence-corrected chi connectivity index (χ1v) is 6.39. The van der Waals surface area contributed by atoms with Crippen molar-refractivity contribution in [2.75, 3.05) is 6.54 Å². The molecule has 3 N–H and O–H groups in total. The lowest BCUT2D eigenvalue weighted by atomic mass is 9.88. The van der Waals surface area contributed by atoms with Crippen molar-refractivity contribution in [2.45, 2.75) is 39.8 Å². The summed E-state index contributed by atoms with van der Waals surface area (Å²) in [5.41, 5.74) is 5.20. The van der Waals surface area contributed by atoms with Crippen LogP contribution in [0.4, 0.5) is 5.82 Å². The lowest BCUT2D eigenvalue weighted by Crippen LogP contribution is -2.55. The molecule has 0 spiro atoms. The van der Waals surface area contributed by atoms with E-state index in [0.29, 0.717) is 12.4 Å². The Morgan fingerprint density at radius 2 is 2.19 bits per heavy atom. The van der Waals surface area contributed by atoms with Crippen molar-refractivity contribution >= 4 is 24.1 Å². The predicted octanol–water partition coefficient (Wildman–Crippen LogP) is 1.01. The minimum absolute atomic E-state index is 0. The van der Waals surface area contributed by atoms with E-state index in [1.54, 1.807) is 6.92 Å². The van der Waals surface area contributed by atoms with Crippen molar-refractivity contribution in [3.63, 3.8) is 0 Å². The molecule has 0 aliphatic carbocycles. The zero-order valence-corrected chi connectivity index (χ0v) is 13.4. The summed E-state index contributed by atoms with van der Waals surface area (Å²) >= 11 is 0. The minimum Gasteiger partial charge on any atom is -0.358 e. The Labute approximate surface area is 129 Å². The van der Waals surface area contributed by atoms with Crippen molar-refractivity contribution in [1.82, 2.24) is 14.9 Å². The predicted molar refractivity (Wildman–Crippen MR) is 81.3 cm³/mol. The number of nitrogens with two attached hydrogens (primary N) is 1. The Bertz CT molecular complexity index is 517. The first kappa shape index (κ1) is 19.3. The van der Waals surface area contributed by atoms with Gasteiger partial charge in [0.05, 0.1) is 5.54 Å². The summed E-state index contributed by atoms with van der Waals surface area (Å²) in [5, 5.41) is 13.5. The Morgan fingerprint density at radius 1 is 1.62 bits per heavy atom. The number of halogens is 1. The van der Waals surface area contributed by atoms with Crippen LogP contribution in [-0.4, -0.2) is 32.5 Å². The number of aryl methyl sites for hydroxylation is 1. The molecule has 120 valence electrons. The Morgan fingerprint density at radius 3 is 2.57 bits per heavy atom. The molecule has 0 radical (unpaired) electrons. The molecule has 0 aromatic carbocycles. The molecule has 0 saturated carbocycles. The third-order valence-electron chi connectivity index (χ3n) is 3.59. The quantitative estimate of drug-likeness (QED) is 0.599. The molecule has 1 aromatic heterocycles. The van der Waals surface area contributed by atoms with Gasteiger partial charge in [-0.2, -0.15) is 0 Å². The fraction of sp³-hybridized carbons (Fsp3) is 0.667. The molecule has 1 unspecified atom stereocenters. The van der Waals surface area contributed by atoms with Crippen LogP contribution < -0.4 is 11.1 Å². The van der Waals surface area contributed by atoms with Gasteiger partial charge >= 0.3 is 5.82 Å². The number of amides is 1. The SMILES string of the molecule is Cc1nc([N+](=O)[O-])cn1CC(=O)NC(C)(CN)C(C)C.Cl. The highest BCUT2D eigenvalue weighted by Crippen LogP contribution is 2.15. The van der Waals surface area contributed by atoms with Crippen LogP contribution in [0.5, 0.6) is 0 Å². The van der Waals surface area contributed by atoms with Crippen molar-refractivity contribution in [2.24, 2.45) is 11.7 Å². The maximum atomic E-state index is 12.0. The summed E-state index contributed by atoms with van der Waals surface area (Å²) in [6.07, 6.45) is 1.25. The first-order valence-electron chi connectivity index (χ1n) is 6.39. The van der Waals surface area contributed by atoms with E-state index in [1.807, 2.05) is 20.8 Å². The molecule has 21 heavy (non-hydrogen) atoms. The smallest absolute Gasteiger partial charge is 0.358 e. The van der Waals surface area contributed by atoms with Crippen LogP contribution in [0.2, 0.25) is 0 Å². The minimum atomic E-state index is -0.584. The van der Waals surface area contributed by atoms with Gasteiger partial charge in [0.1, 0.15) is 12.7 Å². The normalized spacial score (nSPS) is 13.4. The monoisotopic (exact) mass is 319 g/mol. The highest BCUT2D eigenvalue weighted by molar-refractivity contribution is 5.85. The van der Waals surface area contributed by atoms with Crippen LogP contribution in [0, 0.1) is 23.0 Å². The average molecular weight is 320 g/mol. The molecule has 0 aliphatic heterocycles. The number of hydrogen-bond donors (Lipinski definition) is 2. The summed E-state index contributed by atoms with van der Waals surface area (Å²) in [5.74, 6) is 0.0864. The van der Waals surface area contributed by atoms with E-state index in [-0.39, 0.29) is 36.6 Å². The fourth-order valence-corrected chi connectivity index (χ4v) is 1.68. The molecule has 1 amide bonds. The lowest BCUT2D eigenvalue weighted by Gasteiger charge is -2.33. The maximum absolute atomic E-state index is 12.0.